The van der Waals surface area contributed by atoms with Gasteiger partial charge in [0.2, 0.25) is 0 Å². The third-order valence-electron chi connectivity index (χ3n) is 14.5. The first-order valence-corrected chi connectivity index (χ1v) is 35.6. The normalized spacial score (nSPS) is 33.7. The minimum Gasteiger partial charge on any atom is -0.358 e. The topological polar surface area (TPSA) is 6.48 Å². The average molecular weight is 1100 g/mol. The molecule has 314 valence electrons. The Morgan fingerprint density at radius 1 is 0.527 bits per heavy atom. The first kappa shape index (κ1) is 50.9. The van der Waals surface area contributed by atoms with Gasteiger partial charge in [0.25, 0.3) is 0 Å². The van der Waals surface area contributed by atoms with Crippen LogP contribution in [-0.2, 0) is 25.0 Å². The van der Waals surface area contributed by atoms with Crippen molar-refractivity contribution in [2.45, 2.75) is 177 Å². The van der Waals surface area contributed by atoms with Crippen molar-refractivity contribution in [3.05, 3.63) is 55.9 Å². The summed E-state index contributed by atoms with van der Waals surface area (Å²) in [5.41, 5.74) is 4.45. The predicted molar refractivity (Wildman–Crippen MR) is 255 cm³/mol. The Hall–Kier alpha value is 1.52. The second-order valence-electron chi connectivity index (χ2n) is 17.7. The van der Waals surface area contributed by atoms with E-state index in [0.29, 0.717) is 0 Å². The third-order valence-corrected chi connectivity index (χ3v) is 16.0. The number of likely N-dealkylation sites (tertiary alicyclic amines) is 2. The van der Waals surface area contributed by atoms with E-state index < -0.39 is 0 Å². The average Bonchev–Trinajstić information content (AvgIpc) is 4.03. The van der Waals surface area contributed by atoms with Crippen LogP contribution in [0.2, 0.25) is 0 Å². The molecule has 2 saturated heterocycles. The van der Waals surface area contributed by atoms with Crippen molar-refractivity contribution in [2.24, 2.45) is 35.5 Å². The summed E-state index contributed by atoms with van der Waals surface area (Å²) in [5, 5.41) is 0. The van der Waals surface area contributed by atoms with Gasteiger partial charge < -0.3 is 24.7 Å². The summed E-state index contributed by atoms with van der Waals surface area (Å²) in [6.45, 7) is 9.34. The van der Waals surface area contributed by atoms with Crippen molar-refractivity contribution in [3.8, 4) is 0 Å². The van der Waals surface area contributed by atoms with Gasteiger partial charge in [0.15, 0.2) is 0 Å². The monoisotopic (exact) mass is 1090 g/mol. The maximum absolute atomic E-state index is 3.73. The summed E-state index contributed by atoms with van der Waals surface area (Å²) >= 11 is 13.8. The molecule has 2 aliphatic heterocycles. The van der Waals surface area contributed by atoms with Crippen LogP contribution >= 0.6 is 56.3 Å². The van der Waals surface area contributed by atoms with Crippen LogP contribution in [0.25, 0.3) is 6.08 Å². The molecule has 9 aliphatic rings. The predicted octanol–water partition coefficient (Wildman–Crippen LogP) is 16.0. The van der Waals surface area contributed by atoms with Gasteiger partial charge in [-0.1, -0.05) is 147 Å². The van der Waals surface area contributed by atoms with Gasteiger partial charge in [-0.2, -0.15) is 0 Å². The summed E-state index contributed by atoms with van der Waals surface area (Å²) < 4.78 is 0. The second kappa shape index (κ2) is 28.2. The molecule has 7 aliphatic carbocycles. The molecule has 10 rings (SSSR count). The zero-order chi connectivity index (χ0) is 37.4. The van der Waals surface area contributed by atoms with Gasteiger partial charge in [-0.15, -0.1) is 0 Å². The molecule has 8 fully saturated rings. The van der Waals surface area contributed by atoms with Gasteiger partial charge in [0, 0.05) is 40.9 Å². The number of benzene rings is 1. The molecule has 2 heterocycles. The maximum atomic E-state index is 3.73. The van der Waals surface area contributed by atoms with Crippen LogP contribution in [-0.4, -0.2) is 51.7 Å². The Morgan fingerprint density at radius 3 is 1.29 bits per heavy atom. The fourth-order valence-corrected chi connectivity index (χ4v) is 13.8. The van der Waals surface area contributed by atoms with Crippen molar-refractivity contribution in [3.63, 3.8) is 0 Å². The molecule has 0 amide bonds. The molecule has 0 aromatic heterocycles. The van der Waals surface area contributed by atoms with E-state index in [2.05, 4.69) is 96.4 Å². The minimum atomic E-state index is -0.145. The zero-order valence-corrected chi connectivity index (χ0v) is 44.4. The molecule has 0 radical (unpaired) electrons. The van der Waals surface area contributed by atoms with Crippen LogP contribution < -0.4 is 0 Å². The van der Waals surface area contributed by atoms with E-state index in [1.165, 1.54) is 159 Å². The van der Waals surface area contributed by atoms with Gasteiger partial charge in [0.05, 0.1) is 0 Å². The number of nitrogens with zero attached hydrogens (tertiary/aromatic N) is 2. The molecular weight excluding hydrogens is 1020 g/mol. The number of hydrogen-bond donors (Lipinski definition) is 0. The molecular formula is C48H80Br4N2Zr. The number of halogens is 4. The Kier molecular flexibility index (Phi) is 26.1. The van der Waals surface area contributed by atoms with Gasteiger partial charge in [-0.3, -0.25) is 0 Å². The van der Waals surface area contributed by atoms with E-state index in [4.69, 9.17) is 0 Å². The molecule has 6 saturated carbocycles. The molecule has 6 unspecified atom stereocenters. The summed E-state index contributed by atoms with van der Waals surface area (Å²) in [7, 11) is 0. The van der Waals surface area contributed by atoms with E-state index in [0.717, 1.165) is 57.6 Å². The molecule has 6 atom stereocenters. The number of fused-ring (bicyclic) bond motifs is 4. The molecule has 0 bridgehead atoms. The fraction of sp³-hybridized carbons (Fsp3) is 0.792. The molecule has 0 spiro atoms. The quantitative estimate of drug-likeness (QED) is 0.215. The standard InChI is InChI=1S/C13H23N.C13H15N.2C9H15Br.C2H6.2CH3.2BrH.Zr/c2*1-2-6-12-10-13(9-11(12)5-1)14-7-3-4-8-14;2*10-9-5-7-3-1-2-4-8(7)6-9;1-2;;;;;/h11-13H,1-10H2;1-2,5-6,9H,3-4,7-8,10H2;2*7-9H,1-6H2;1-2H3;2*1H3;2*1H;/q;;;;;2*-1;;;+4/p-2. The number of hydrogen-bond acceptors (Lipinski definition) is 2. The van der Waals surface area contributed by atoms with Crippen LogP contribution in [0, 0.1) is 50.4 Å². The molecule has 2 nitrogen and oxygen atoms in total. The smallest absolute Gasteiger partial charge is 0.358 e. The molecule has 7 heteroatoms. The van der Waals surface area contributed by atoms with Crippen LogP contribution in [0.5, 0.6) is 0 Å². The van der Waals surface area contributed by atoms with Crippen LogP contribution in [0.1, 0.15) is 166 Å². The Balaban J connectivity index is 0.000000189. The summed E-state index contributed by atoms with van der Waals surface area (Å²) in [5.74, 6) is 6.62. The van der Waals surface area contributed by atoms with Crippen molar-refractivity contribution in [1.82, 2.24) is 9.80 Å². The summed E-state index contributed by atoms with van der Waals surface area (Å²) in [4.78, 5) is 7.06. The van der Waals surface area contributed by atoms with Crippen molar-refractivity contribution in [2.75, 3.05) is 26.2 Å². The van der Waals surface area contributed by atoms with E-state index in [9.17, 15) is 0 Å². The second-order valence-corrected chi connectivity index (χ2v) is 31.6. The van der Waals surface area contributed by atoms with Gasteiger partial charge in [-0.25, -0.2) is 0 Å². The van der Waals surface area contributed by atoms with Gasteiger partial charge >= 0.3 is 43.0 Å². The SMILES string of the molecule is BrC1CC2CCCCC2C1.BrC1CC2CCCCC2C1.C1=C(N2CCCC2)Cc2ccccc21.C1CCC2CC(N3CCCC3)CC2C1.CC.[Br][Zr+2][Br].[CH3-].[CH3-]. The number of alkyl halides is 2. The Bertz CT molecular complexity index is 1110. The number of rotatable bonds is 2. The Labute approximate surface area is 381 Å². The van der Waals surface area contributed by atoms with Crippen molar-refractivity contribution in [1.29, 1.82) is 0 Å². The van der Waals surface area contributed by atoms with E-state index in [-0.39, 0.29) is 33.4 Å². The van der Waals surface area contributed by atoms with Crippen LogP contribution in [0.15, 0.2) is 30.0 Å². The summed E-state index contributed by atoms with van der Waals surface area (Å²) in [6.07, 6.45) is 36.4. The van der Waals surface area contributed by atoms with Gasteiger partial charge in [-0.05, 0) is 130 Å². The van der Waals surface area contributed by atoms with Crippen LogP contribution in [0.3, 0.4) is 0 Å². The molecule has 1 aromatic rings. The molecule has 1 aromatic carbocycles. The van der Waals surface area contributed by atoms with Crippen molar-refractivity contribution >= 4 is 62.4 Å². The van der Waals surface area contributed by atoms with Gasteiger partial charge in [0.1, 0.15) is 0 Å². The first-order valence-electron chi connectivity index (χ1n) is 22.5. The molecule has 55 heavy (non-hydrogen) atoms. The molecule has 0 N–H and O–H groups in total. The number of allylic oxidation sites excluding steroid dienone is 1. The zero-order valence-electron chi connectivity index (χ0n) is 35.6. The fourth-order valence-electron chi connectivity index (χ4n) is 11.9. The van der Waals surface area contributed by atoms with E-state index in [1.54, 1.807) is 25.7 Å². The first-order chi connectivity index (χ1) is 26.0. The van der Waals surface area contributed by atoms with E-state index >= 15 is 0 Å². The largest absolute Gasteiger partial charge is 0.358 e. The summed E-state index contributed by atoms with van der Waals surface area (Å²) in [6, 6.07) is 9.72. The minimum absolute atomic E-state index is 0. The van der Waals surface area contributed by atoms with Crippen molar-refractivity contribution < 1.29 is 18.5 Å². The Morgan fingerprint density at radius 2 is 0.891 bits per heavy atom. The maximum Gasteiger partial charge on any atom is -0.358 e. The third kappa shape index (κ3) is 16.1. The van der Waals surface area contributed by atoms with E-state index in [1.807, 2.05) is 13.8 Å². The van der Waals surface area contributed by atoms with Crippen LogP contribution in [0.4, 0.5) is 0 Å².